The molecule has 1 aromatic carbocycles. The van der Waals surface area contributed by atoms with Gasteiger partial charge in [0.25, 0.3) is 0 Å². The summed E-state index contributed by atoms with van der Waals surface area (Å²) in [6.45, 7) is 0. The molecule has 3 heteroatoms. The number of ether oxygens (including phenoxy) is 1. The van der Waals surface area contributed by atoms with Gasteiger partial charge in [0.05, 0.1) is 0 Å². The van der Waals surface area contributed by atoms with Crippen LogP contribution in [-0.4, -0.2) is 12.6 Å². The monoisotopic (exact) mass is 265 g/mol. The maximum Gasteiger partial charge on any atom is 0.125 e. The Morgan fingerprint density at radius 2 is 2.06 bits per heavy atom. The number of hydrogen-bond donors (Lipinski definition) is 1. The van der Waals surface area contributed by atoms with Crippen molar-refractivity contribution in [2.75, 3.05) is 7.05 Å². The molecule has 18 heavy (non-hydrogen) atoms. The molecule has 1 saturated carbocycles. The van der Waals surface area contributed by atoms with Gasteiger partial charge in [-0.3, -0.25) is 0 Å². The van der Waals surface area contributed by atoms with Gasteiger partial charge >= 0.3 is 0 Å². The lowest BCUT2D eigenvalue weighted by Gasteiger charge is -2.44. The highest BCUT2D eigenvalue weighted by molar-refractivity contribution is 6.30. The minimum absolute atomic E-state index is 0.0623. The molecule has 1 aliphatic carbocycles. The van der Waals surface area contributed by atoms with Crippen molar-refractivity contribution in [2.24, 2.45) is 0 Å². The van der Waals surface area contributed by atoms with Crippen LogP contribution in [0.5, 0.6) is 5.75 Å². The Morgan fingerprint density at radius 3 is 2.78 bits per heavy atom. The van der Waals surface area contributed by atoms with E-state index in [1.165, 1.54) is 37.7 Å². The van der Waals surface area contributed by atoms with Gasteiger partial charge in [-0.1, -0.05) is 18.0 Å². The van der Waals surface area contributed by atoms with Crippen molar-refractivity contribution in [1.29, 1.82) is 0 Å². The van der Waals surface area contributed by atoms with E-state index in [0.717, 1.165) is 17.2 Å². The van der Waals surface area contributed by atoms with Crippen LogP contribution in [0.1, 0.15) is 50.1 Å². The van der Waals surface area contributed by atoms with E-state index < -0.39 is 0 Å². The highest BCUT2D eigenvalue weighted by Gasteiger charge is 2.41. The lowest BCUT2D eigenvalue weighted by molar-refractivity contribution is -0.00174. The SMILES string of the molecule is CNC1CC2(CCCCC2)Oc2ccc(Cl)cc21. The molecule has 2 aliphatic rings. The van der Waals surface area contributed by atoms with Gasteiger partial charge in [-0.15, -0.1) is 0 Å². The number of fused-ring (bicyclic) bond motifs is 1. The quantitative estimate of drug-likeness (QED) is 0.826. The summed E-state index contributed by atoms with van der Waals surface area (Å²) in [5.41, 5.74) is 1.27. The number of nitrogens with one attached hydrogen (secondary N) is 1. The molecule has 2 nitrogen and oxygen atoms in total. The maximum atomic E-state index is 6.35. The third-order valence-corrected chi connectivity index (χ3v) is 4.60. The van der Waals surface area contributed by atoms with Crippen molar-refractivity contribution >= 4 is 11.6 Å². The normalized spacial score (nSPS) is 25.6. The molecule has 1 spiro atoms. The standard InChI is InChI=1S/C15H20ClNO/c1-17-13-10-15(7-3-2-4-8-15)18-14-6-5-11(16)9-12(13)14/h5-6,9,13,17H,2-4,7-8,10H2,1H3. The van der Waals surface area contributed by atoms with Crippen LogP contribution < -0.4 is 10.1 Å². The minimum atomic E-state index is 0.0623. The first-order valence-electron chi connectivity index (χ1n) is 6.88. The van der Waals surface area contributed by atoms with Crippen LogP contribution in [-0.2, 0) is 0 Å². The van der Waals surface area contributed by atoms with E-state index in [0.29, 0.717) is 6.04 Å². The molecule has 3 rings (SSSR count). The molecule has 1 fully saturated rings. The molecular formula is C15H20ClNO. The van der Waals surface area contributed by atoms with E-state index >= 15 is 0 Å². The van der Waals surface area contributed by atoms with Gasteiger partial charge in [0.2, 0.25) is 0 Å². The zero-order valence-electron chi connectivity index (χ0n) is 10.8. The van der Waals surface area contributed by atoms with E-state index in [1.54, 1.807) is 0 Å². The van der Waals surface area contributed by atoms with Gasteiger partial charge < -0.3 is 10.1 Å². The highest BCUT2D eigenvalue weighted by Crippen LogP contribution is 2.46. The minimum Gasteiger partial charge on any atom is -0.487 e. The second-order valence-corrected chi connectivity index (χ2v) is 6.01. The van der Waals surface area contributed by atoms with Crippen LogP contribution >= 0.6 is 11.6 Å². The van der Waals surface area contributed by atoms with Crippen molar-refractivity contribution in [3.63, 3.8) is 0 Å². The van der Waals surface area contributed by atoms with Gasteiger partial charge in [0, 0.05) is 23.0 Å². The summed E-state index contributed by atoms with van der Waals surface area (Å²) in [5.74, 6) is 1.02. The van der Waals surface area contributed by atoms with E-state index in [2.05, 4.69) is 5.32 Å². The molecule has 1 heterocycles. The van der Waals surface area contributed by atoms with Crippen LogP contribution in [0, 0.1) is 0 Å². The molecular weight excluding hydrogens is 246 g/mol. The van der Waals surface area contributed by atoms with Gasteiger partial charge in [0.15, 0.2) is 0 Å². The molecule has 1 atom stereocenters. The van der Waals surface area contributed by atoms with Crippen LogP contribution in [0.3, 0.4) is 0 Å². The lowest BCUT2D eigenvalue weighted by atomic mass is 9.77. The fraction of sp³-hybridized carbons (Fsp3) is 0.600. The Balaban J connectivity index is 1.96. The summed E-state index contributed by atoms with van der Waals surface area (Å²) in [6.07, 6.45) is 7.37. The van der Waals surface area contributed by atoms with Gasteiger partial charge in [-0.25, -0.2) is 0 Å². The van der Waals surface area contributed by atoms with E-state index in [9.17, 15) is 0 Å². The Bertz CT molecular complexity index is 440. The van der Waals surface area contributed by atoms with Crippen molar-refractivity contribution in [3.05, 3.63) is 28.8 Å². The number of halogens is 1. The molecule has 1 unspecified atom stereocenters. The van der Waals surface area contributed by atoms with Gasteiger partial charge in [0.1, 0.15) is 11.4 Å². The second-order valence-electron chi connectivity index (χ2n) is 5.57. The topological polar surface area (TPSA) is 21.3 Å². The summed E-state index contributed by atoms with van der Waals surface area (Å²) >= 11 is 6.09. The number of rotatable bonds is 1. The molecule has 0 amide bonds. The molecule has 1 aliphatic heterocycles. The maximum absolute atomic E-state index is 6.35. The Morgan fingerprint density at radius 1 is 1.28 bits per heavy atom. The van der Waals surface area contributed by atoms with Crippen LogP contribution in [0.2, 0.25) is 5.02 Å². The predicted molar refractivity (Wildman–Crippen MR) is 74.3 cm³/mol. The first-order chi connectivity index (χ1) is 8.72. The number of hydrogen-bond acceptors (Lipinski definition) is 2. The van der Waals surface area contributed by atoms with Gasteiger partial charge in [-0.2, -0.15) is 0 Å². The fourth-order valence-electron chi connectivity index (χ4n) is 3.40. The molecule has 98 valence electrons. The van der Waals surface area contributed by atoms with Gasteiger partial charge in [-0.05, 0) is 50.9 Å². The molecule has 0 aromatic heterocycles. The van der Waals surface area contributed by atoms with Crippen molar-refractivity contribution < 1.29 is 4.74 Å². The van der Waals surface area contributed by atoms with E-state index in [4.69, 9.17) is 16.3 Å². The Kier molecular flexibility index (Phi) is 3.25. The third kappa shape index (κ3) is 2.12. The molecule has 0 saturated heterocycles. The molecule has 0 bridgehead atoms. The van der Waals surface area contributed by atoms with E-state index in [-0.39, 0.29) is 5.60 Å². The zero-order valence-corrected chi connectivity index (χ0v) is 11.6. The zero-order chi connectivity index (χ0) is 12.6. The molecule has 1 N–H and O–H groups in total. The summed E-state index contributed by atoms with van der Waals surface area (Å²) in [4.78, 5) is 0. The lowest BCUT2D eigenvalue weighted by Crippen LogP contribution is -2.45. The van der Waals surface area contributed by atoms with Crippen LogP contribution in [0.25, 0.3) is 0 Å². The third-order valence-electron chi connectivity index (χ3n) is 4.36. The fourth-order valence-corrected chi connectivity index (χ4v) is 3.58. The average Bonchev–Trinajstić information content (AvgIpc) is 2.39. The summed E-state index contributed by atoms with van der Waals surface area (Å²) < 4.78 is 6.35. The Hall–Kier alpha value is -0.730. The number of benzene rings is 1. The largest absolute Gasteiger partial charge is 0.487 e. The van der Waals surface area contributed by atoms with Crippen LogP contribution in [0.15, 0.2) is 18.2 Å². The van der Waals surface area contributed by atoms with Crippen molar-refractivity contribution in [3.8, 4) is 5.75 Å². The highest BCUT2D eigenvalue weighted by atomic mass is 35.5. The summed E-state index contributed by atoms with van der Waals surface area (Å²) in [6, 6.07) is 6.35. The first kappa shape index (κ1) is 12.3. The van der Waals surface area contributed by atoms with Crippen molar-refractivity contribution in [2.45, 2.75) is 50.2 Å². The average molecular weight is 266 g/mol. The van der Waals surface area contributed by atoms with Crippen LogP contribution in [0.4, 0.5) is 0 Å². The summed E-state index contributed by atoms with van der Waals surface area (Å²) in [7, 11) is 2.02. The smallest absolute Gasteiger partial charge is 0.125 e. The van der Waals surface area contributed by atoms with E-state index in [1.807, 2.05) is 25.2 Å². The van der Waals surface area contributed by atoms with Crippen molar-refractivity contribution in [1.82, 2.24) is 5.32 Å². The first-order valence-corrected chi connectivity index (χ1v) is 7.26. The molecule has 1 aromatic rings. The summed E-state index contributed by atoms with van der Waals surface area (Å²) in [5, 5.41) is 4.21. The second kappa shape index (κ2) is 4.75. The Labute approximate surface area is 114 Å². The predicted octanol–water partition coefficient (Wildman–Crippen LogP) is 4.09. The molecule has 0 radical (unpaired) electrons.